The second kappa shape index (κ2) is 7.06. The van der Waals surface area contributed by atoms with Gasteiger partial charge in [-0.05, 0) is 43.3 Å². The molecule has 0 aliphatic heterocycles. The first-order valence-corrected chi connectivity index (χ1v) is 7.57. The standard InChI is InChI=1S/C15H19ClN2S/c1-18(11-14-6-7-15(16)19-14)10-13-4-2-12(3-5-13)8-9-17/h2-7H,8-11,17H2,1H3. The molecule has 0 radical (unpaired) electrons. The Bertz CT molecular complexity index is 507. The van der Waals surface area contributed by atoms with Crippen LogP contribution < -0.4 is 5.73 Å². The highest BCUT2D eigenvalue weighted by molar-refractivity contribution is 7.16. The first-order valence-electron chi connectivity index (χ1n) is 6.38. The van der Waals surface area contributed by atoms with Crippen molar-refractivity contribution in [3.8, 4) is 0 Å². The van der Waals surface area contributed by atoms with Crippen LogP contribution in [0.15, 0.2) is 36.4 Å². The highest BCUT2D eigenvalue weighted by atomic mass is 35.5. The van der Waals surface area contributed by atoms with E-state index in [1.807, 2.05) is 6.07 Å². The van der Waals surface area contributed by atoms with Gasteiger partial charge in [-0.2, -0.15) is 0 Å². The number of hydrogen-bond acceptors (Lipinski definition) is 3. The van der Waals surface area contributed by atoms with Gasteiger partial charge in [0.1, 0.15) is 0 Å². The summed E-state index contributed by atoms with van der Waals surface area (Å²) >= 11 is 7.59. The third kappa shape index (κ3) is 4.62. The van der Waals surface area contributed by atoms with Crippen molar-refractivity contribution in [2.75, 3.05) is 13.6 Å². The third-order valence-electron chi connectivity index (χ3n) is 2.96. The summed E-state index contributed by atoms with van der Waals surface area (Å²) in [6, 6.07) is 12.7. The molecule has 0 saturated carbocycles. The van der Waals surface area contributed by atoms with Crippen molar-refractivity contribution in [2.24, 2.45) is 5.73 Å². The largest absolute Gasteiger partial charge is 0.330 e. The summed E-state index contributed by atoms with van der Waals surface area (Å²) in [5.74, 6) is 0. The fourth-order valence-electron chi connectivity index (χ4n) is 2.05. The van der Waals surface area contributed by atoms with E-state index in [0.29, 0.717) is 6.54 Å². The summed E-state index contributed by atoms with van der Waals surface area (Å²) in [6.45, 7) is 2.58. The van der Waals surface area contributed by atoms with Crippen LogP contribution in [0.1, 0.15) is 16.0 Å². The minimum Gasteiger partial charge on any atom is -0.330 e. The van der Waals surface area contributed by atoms with Crippen LogP contribution in [0.25, 0.3) is 0 Å². The maximum Gasteiger partial charge on any atom is 0.0931 e. The predicted molar refractivity (Wildman–Crippen MR) is 83.7 cm³/mol. The van der Waals surface area contributed by atoms with E-state index in [-0.39, 0.29) is 0 Å². The first kappa shape index (κ1) is 14.5. The molecule has 1 heterocycles. The SMILES string of the molecule is CN(Cc1ccc(CCN)cc1)Cc1ccc(Cl)s1. The molecule has 2 N–H and O–H groups in total. The molecule has 0 saturated heterocycles. The molecule has 4 heteroatoms. The van der Waals surface area contributed by atoms with Crippen LogP contribution in [0.4, 0.5) is 0 Å². The maximum atomic E-state index is 5.94. The van der Waals surface area contributed by atoms with Gasteiger partial charge in [-0.25, -0.2) is 0 Å². The van der Waals surface area contributed by atoms with Gasteiger partial charge in [0.2, 0.25) is 0 Å². The van der Waals surface area contributed by atoms with Crippen LogP contribution >= 0.6 is 22.9 Å². The highest BCUT2D eigenvalue weighted by Gasteiger charge is 2.04. The van der Waals surface area contributed by atoms with E-state index in [1.54, 1.807) is 11.3 Å². The van der Waals surface area contributed by atoms with E-state index in [1.165, 1.54) is 16.0 Å². The number of rotatable bonds is 6. The summed E-state index contributed by atoms with van der Waals surface area (Å²) < 4.78 is 0.856. The molecule has 102 valence electrons. The van der Waals surface area contributed by atoms with Gasteiger partial charge in [0.15, 0.2) is 0 Å². The molecule has 0 atom stereocenters. The maximum absolute atomic E-state index is 5.94. The lowest BCUT2D eigenvalue weighted by Crippen LogP contribution is -2.16. The van der Waals surface area contributed by atoms with E-state index in [9.17, 15) is 0 Å². The smallest absolute Gasteiger partial charge is 0.0931 e. The van der Waals surface area contributed by atoms with Crippen molar-refractivity contribution in [1.82, 2.24) is 4.90 Å². The van der Waals surface area contributed by atoms with Gasteiger partial charge >= 0.3 is 0 Å². The molecule has 2 rings (SSSR count). The van der Waals surface area contributed by atoms with Gasteiger partial charge in [0, 0.05) is 18.0 Å². The van der Waals surface area contributed by atoms with E-state index >= 15 is 0 Å². The minimum absolute atomic E-state index is 0.707. The normalized spacial score (nSPS) is 11.2. The molecule has 0 spiro atoms. The van der Waals surface area contributed by atoms with Crippen molar-refractivity contribution in [2.45, 2.75) is 19.5 Å². The van der Waals surface area contributed by atoms with Crippen LogP contribution in [0.5, 0.6) is 0 Å². The molecule has 0 amide bonds. The molecule has 0 aliphatic rings. The number of nitrogens with two attached hydrogens (primary N) is 1. The molecule has 0 fully saturated rings. The lowest BCUT2D eigenvalue weighted by atomic mass is 10.1. The van der Waals surface area contributed by atoms with Crippen molar-refractivity contribution in [1.29, 1.82) is 0 Å². The van der Waals surface area contributed by atoms with Crippen LogP contribution in [-0.4, -0.2) is 18.5 Å². The van der Waals surface area contributed by atoms with Crippen LogP contribution in [0.2, 0.25) is 4.34 Å². The highest BCUT2D eigenvalue weighted by Crippen LogP contribution is 2.22. The van der Waals surface area contributed by atoms with Crippen LogP contribution in [-0.2, 0) is 19.5 Å². The Balaban J connectivity index is 1.89. The zero-order valence-corrected chi connectivity index (χ0v) is 12.7. The fraction of sp³-hybridized carbons (Fsp3) is 0.333. The van der Waals surface area contributed by atoms with Crippen molar-refractivity contribution >= 4 is 22.9 Å². The zero-order valence-electron chi connectivity index (χ0n) is 11.1. The molecule has 1 aromatic heterocycles. The number of hydrogen-bond donors (Lipinski definition) is 1. The van der Waals surface area contributed by atoms with E-state index in [0.717, 1.165) is 23.8 Å². The van der Waals surface area contributed by atoms with Gasteiger partial charge in [-0.3, -0.25) is 4.90 Å². The van der Waals surface area contributed by atoms with E-state index in [4.69, 9.17) is 17.3 Å². The predicted octanol–water partition coefficient (Wildman–Crippen LogP) is 3.53. The number of benzene rings is 1. The molecule has 2 nitrogen and oxygen atoms in total. The summed E-state index contributed by atoms with van der Waals surface area (Å²) in [6.07, 6.45) is 0.948. The van der Waals surface area contributed by atoms with Gasteiger partial charge in [0.05, 0.1) is 4.34 Å². The van der Waals surface area contributed by atoms with Gasteiger partial charge in [-0.15, -0.1) is 11.3 Å². The minimum atomic E-state index is 0.707. The molecule has 0 aliphatic carbocycles. The molecule has 1 aromatic carbocycles. The second-order valence-corrected chi connectivity index (χ2v) is 6.53. The van der Waals surface area contributed by atoms with Gasteiger partial charge in [0.25, 0.3) is 0 Å². The van der Waals surface area contributed by atoms with E-state index in [2.05, 4.69) is 42.3 Å². The molecular weight excluding hydrogens is 276 g/mol. The lowest BCUT2D eigenvalue weighted by Gasteiger charge is -2.15. The van der Waals surface area contributed by atoms with Crippen LogP contribution in [0.3, 0.4) is 0 Å². The molecular formula is C15H19ClN2S. The quantitative estimate of drug-likeness (QED) is 0.883. The van der Waals surface area contributed by atoms with Gasteiger partial charge in [-0.1, -0.05) is 35.9 Å². The Morgan fingerprint density at radius 2 is 1.74 bits per heavy atom. The van der Waals surface area contributed by atoms with Crippen LogP contribution in [0, 0.1) is 0 Å². The Hall–Kier alpha value is -0.870. The first-order chi connectivity index (χ1) is 9.17. The summed E-state index contributed by atoms with van der Waals surface area (Å²) in [4.78, 5) is 3.59. The fourth-order valence-corrected chi connectivity index (χ4v) is 3.22. The van der Waals surface area contributed by atoms with Gasteiger partial charge < -0.3 is 5.73 Å². The number of halogens is 1. The Morgan fingerprint density at radius 1 is 1.05 bits per heavy atom. The summed E-state index contributed by atoms with van der Waals surface area (Å²) in [5.41, 5.74) is 8.18. The van der Waals surface area contributed by atoms with Crippen molar-refractivity contribution in [3.05, 3.63) is 56.7 Å². The second-order valence-electron chi connectivity index (χ2n) is 4.73. The van der Waals surface area contributed by atoms with Crippen molar-refractivity contribution in [3.63, 3.8) is 0 Å². The molecule has 19 heavy (non-hydrogen) atoms. The average molecular weight is 295 g/mol. The number of thiophene rings is 1. The molecule has 0 unspecified atom stereocenters. The average Bonchev–Trinajstić information content (AvgIpc) is 2.77. The lowest BCUT2D eigenvalue weighted by molar-refractivity contribution is 0.322. The van der Waals surface area contributed by atoms with Crippen molar-refractivity contribution < 1.29 is 0 Å². The Labute approximate surface area is 123 Å². The summed E-state index contributed by atoms with van der Waals surface area (Å²) in [7, 11) is 2.13. The molecule has 2 aromatic rings. The monoisotopic (exact) mass is 294 g/mol. The zero-order chi connectivity index (χ0) is 13.7. The summed E-state index contributed by atoms with van der Waals surface area (Å²) in [5, 5.41) is 0. The van der Waals surface area contributed by atoms with E-state index < -0.39 is 0 Å². The third-order valence-corrected chi connectivity index (χ3v) is 4.18. The number of nitrogens with zero attached hydrogens (tertiary/aromatic N) is 1. The Morgan fingerprint density at radius 3 is 2.32 bits per heavy atom. The molecule has 0 bridgehead atoms. The topological polar surface area (TPSA) is 29.3 Å². The Kier molecular flexibility index (Phi) is 5.40.